The zero-order valence-electron chi connectivity index (χ0n) is 10.7. The molecule has 0 heterocycles. The summed E-state index contributed by atoms with van der Waals surface area (Å²) in [5.74, 6) is 0. The lowest BCUT2D eigenvalue weighted by Gasteiger charge is -2.10. The van der Waals surface area contributed by atoms with Crippen LogP contribution >= 0.6 is 31.9 Å². The molecular formula is C14H12Br2N2O2. The number of nitrogens with one attached hydrogen (secondary N) is 1. The Morgan fingerprint density at radius 3 is 2.60 bits per heavy atom. The van der Waals surface area contributed by atoms with Crippen molar-refractivity contribution in [2.75, 3.05) is 5.32 Å². The standard InChI is InChI=1S/C14H12Br2N2O2/c1-9-2-4-13(12(16)6-9)17-8-10-7-11(15)3-5-14(10)18(19)20/h2-7,17H,8H2,1H3. The monoisotopic (exact) mass is 398 g/mol. The molecule has 0 saturated heterocycles. The first-order valence-electron chi connectivity index (χ1n) is 5.90. The molecule has 20 heavy (non-hydrogen) atoms. The van der Waals surface area contributed by atoms with Gasteiger partial charge in [-0.1, -0.05) is 22.0 Å². The van der Waals surface area contributed by atoms with Crippen LogP contribution < -0.4 is 5.32 Å². The van der Waals surface area contributed by atoms with E-state index in [1.54, 1.807) is 12.1 Å². The molecule has 2 rings (SSSR count). The molecule has 0 atom stereocenters. The van der Waals surface area contributed by atoms with Crippen LogP contribution in [0.4, 0.5) is 11.4 Å². The van der Waals surface area contributed by atoms with Gasteiger partial charge < -0.3 is 5.32 Å². The van der Waals surface area contributed by atoms with Crippen LogP contribution in [0.1, 0.15) is 11.1 Å². The van der Waals surface area contributed by atoms with E-state index in [2.05, 4.69) is 37.2 Å². The number of halogens is 2. The second-order valence-corrected chi connectivity index (χ2v) is 6.14. The van der Waals surface area contributed by atoms with Crippen molar-refractivity contribution < 1.29 is 4.92 Å². The molecule has 1 N–H and O–H groups in total. The summed E-state index contributed by atoms with van der Waals surface area (Å²) in [7, 11) is 0. The smallest absolute Gasteiger partial charge is 0.274 e. The molecule has 0 spiro atoms. The van der Waals surface area contributed by atoms with Gasteiger partial charge in [0, 0.05) is 32.8 Å². The number of nitro benzene ring substituents is 1. The molecule has 0 aliphatic rings. The number of nitrogens with zero attached hydrogens (tertiary/aromatic N) is 1. The maximum atomic E-state index is 11.0. The van der Waals surface area contributed by atoms with E-state index in [0.717, 1.165) is 20.2 Å². The molecule has 0 saturated carbocycles. The van der Waals surface area contributed by atoms with E-state index in [1.807, 2.05) is 25.1 Å². The predicted molar refractivity (Wildman–Crippen MR) is 87.0 cm³/mol. The summed E-state index contributed by atoms with van der Waals surface area (Å²) in [5.41, 5.74) is 2.81. The molecule has 0 radical (unpaired) electrons. The molecule has 6 heteroatoms. The summed E-state index contributed by atoms with van der Waals surface area (Å²) in [6.45, 7) is 2.39. The van der Waals surface area contributed by atoms with Crippen LogP contribution in [0, 0.1) is 17.0 Å². The van der Waals surface area contributed by atoms with Crippen LogP contribution in [-0.4, -0.2) is 4.92 Å². The Hall–Kier alpha value is -1.40. The Morgan fingerprint density at radius 1 is 1.20 bits per heavy atom. The first-order chi connectivity index (χ1) is 9.47. The minimum atomic E-state index is -0.367. The van der Waals surface area contributed by atoms with Gasteiger partial charge in [0.1, 0.15) is 0 Å². The van der Waals surface area contributed by atoms with Crippen molar-refractivity contribution in [3.63, 3.8) is 0 Å². The van der Waals surface area contributed by atoms with Crippen molar-refractivity contribution in [2.45, 2.75) is 13.5 Å². The lowest BCUT2D eigenvalue weighted by molar-refractivity contribution is -0.385. The van der Waals surface area contributed by atoms with E-state index in [-0.39, 0.29) is 10.6 Å². The highest BCUT2D eigenvalue weighted by molar-refractivity contribution is 9.10. The van der Waals surface area contributed by atoms with Crippen molar-refractivity contribution in [1.29, 1.82) is 0 Å². The predicted octanol–water partition coefficient (Wildman–Crippen LogP) is 5.04. The largest absolute Gasteiger partial charge is 0.380 e. The summed E-state index contributed by atoms with van der Waals surface area (Å²) in [5, 5.41) is 14.2. The number of hydrogen-bond donors (Lipinski definition) is 1. The van der Waals surface area contributed by atoms with E-state index in [0.29, 0.717) is 12.1 Å². The zero-order valence-corrected chi connectivity index (χ0v) is 13.9. The average molecular weight is 400 g/mol. The fraction of sp³-hybridized carbons (Fsp3) is 0.143. The summed E-state index contributed by atoms with van der Waals surface area (Å²) < 4.78 is 1.76. The van der Waals surface area contributed by atoms with Crippen molar-refractivity contribution in [3.8, 4) is 0 Å². The van der Waals surface area contributed by atoms with Gasteiger partial charge in [0.05, 0.1) is 4.92 Å². The molecule has 0 amide bonds. The molecule has 0 aromatic heterocycles. The van der Waals surface area contributed by atoms with Gasteiger partial charge in [-0.2, -0.15) is 0 Å². The molecule has 0 bridgehead atoms. The number of benzene rings is 2. The third-order valence-electron chi connectivity index (χ3n) is 2.83. The van der Waals surface area contributed by atoms with Gasteiger partial charge in [-0.15, -0.1) is 0 Å². The summed E-state index contributed by atoms with van der Waals surface area (Å²) in [4.78, 5) is 10.6. The van der Waals surface area contributed by atoms with Crippen molar-refractivity contribution in [3.05, 3.63) is 66.6 Å². The van der Waals surface area contributed by atoms with Crippen molar-refractivity contribution in [2.24, 2.45) is 0 Å². The number of anilines is 1. The number of aryl methyl sites for hydroxylation is 1. The summed E-state index contributed by atoms with van der Waals surface area (Å²) in [6.07, 6.45) is 0. The Labute approximate surface area is 133 Å². The Kier molecular flexibility index (Phi) is 4.77. The lowest BCUT2D eigenvalue weighted by atomic mass is 10.1. The third-order valence-corrected chi connectivity index (χ3v) is 3.98. The second kappa shape index (κ2) is 6.37. The van der Waals surface area contributed by atoms with Gasteiger partial charge >= 0.3 is 0 Å². The normalized spacial score (nSPS) is 10.3. The van der Waals surface area contributed by atoms with Gasteiger partial charge in [0.15, 0.2) is 0 Å². The minimum absolute atomic E-state index is 0.115. The second-order valence-electron chi connectivity index (χ2n) is 4.37. The van der Waals surface area contributed by atoms with Crippen molar-refractivity contribution in [1.82, 2.24) is 0 Å². The molecule has 2 aromatic rings. The highest BCUT2D eigenvalue weighted by Gasteiger charge is 2.13. The van der Waals surface area contributed by atoms with E-state index >= 15 is 0 Å². The zero-order chi connectivity index (χ0) is 14.7. The number of hydrogen-bond acceptors (Lipinski definition) is 3. The lowest BCUT2D eigenvalue weighted by Crippen LogP contribution is -2.03. The molecular weight excluding hydrogens is 388 g/mol. The molecule has 0 aliphatic carbocycles. The Morgan fingerprint density at radius 2 is 1.95 bits per heavy atom. The molecule has 104 valence electrons. The summed E-state index contributed by atoms with van der Waals surface area (Å²) >= 11 is 6.81. The first kappa shape index (κ1) is 15.0. The van der Waals surface area contributed by atoms with E-state index in [1.165, 1.54) is 6.07 Å². The van der Waals surface area contributed by atoms with Crippen LogP contribution in [0.25, 0.3) is 0 Å². The topological polar surface area (TPSA) is 55.2 Å². The molecule has 0 fully saturated rings. The van der Waals surface area contributed by atoms with Crippen LogP contribution in [0.3, 0.4) is 0 Å². The highest BCUT2D eigenvalue weighted by atomic mass is 79.9. The van der Waals surface area contributed by atoms with Crippen molar-refractivity contribution >= 4 is 43.2 Å². The molecule has 4 nitrogen and oxygen atoms in total. The van der Waals surface area contributed by atoms with Gasteiger partial charge in [0.25, 0.3) is 5.69 Å². The minimum Gasteiger partial charge on any atom is -0.380 e. The summed E-state index contributed by atoms with van der Waals surface area (Å²) in [6, 6.07) is 10.9. The quantitative estimate of drug-likeness (QED) is 0.578. The van der Waals surface area contributed by atoms with Gasteiger partial charge in [-0.25, -0.2) is 0 Å². The fourth-order valence-electron chi connectivity index (χ4n) is 1.83. The van der Waals surface area contributed by atoms with E-state index in [4.69, 9.17) is 0 Å². The van der Waals surface area contributed by atoms with Gasteiger partial charge in [-0.05, 0) is 52.7 Å². The fourth-order valence-corrected chi connectivity index (χ4v) is 2.87. The SMILES string of the molecule is Cc1ccc(NCc2cc(Br)ccc2[N+](=O)[O-])c(Br)c1. The molecule has 2 aromatic carbocycles. The van der Waals surface area contributed by atoms with Gasteiger partial charge in [-0.3, -0.25) is 10.1 Å². The number of rotatable bonds is 4. The van der Waals surface area contributed by atoms with Gasteiger partial charge in [0.2, 0.25) is 0 Å². The third kappa shape index (κ3) is 3.58. The van der Waals surface area contributed by atoms with E-state index < -0.39 is 0 Å². The highest BCUT2D eigenvalue weighted by Crippen LogP contribution is 2.27. The number of nitro groups is 1. The van der Waals surface area contributed by atoms with Crippen LogP contribution in [0.15, 0.2) is 45.3 Å². The van der Waals surface area contributed by atoms with Crippen LogP contribution in [0.5, 0.6) is 0 Å². The average Bonchev–Trinajstić information content (AvgIpc) is 2.37. The molecule has 0 aliphatic heterocycles. The van der Waals surface area contributed by atoms with Crippen LogP contribution in [-0.2, 0) is 6.54 Å². The first-order valence-corrected chi connectivity index (χ1v) is 7.49. The Bertz CT molecular complexity index is 660. The maximum absolute atomic E-state index is 11.0. The maximum Gasteiger partial charge on any atom is 0.274 e. The molecule has 0 unspecified atom stereocenters. The van der Waals surface area contributed by atoms with Crippen LogP contribution in [0.2, 0.25) is 0 Å². The van der Waals surface area contributed by atoms with E-state index in [9.17, 15) is 10.1 Å². The Balaban J connectivity index is 2.22.